The third-order valence-corrected chi connectivity index (χ3v) is 8.94. The number of aryl methyl sites for hydroxylation is 1. The van der Waals surface area contributed by atoms with Gasteiger partial charge in [0.2, 0.25) is 5.91 Å². The van der Waals surface area contributed by atoms with Crippen LogP contribution in [0.5, 0.6) is 0 Å². The van der Waals surface area contributed by atoms with Gasteiger partial charge in [-0.3, -0.25) is 9.52 Å². The van der Waals surface area contributed by atoms with Gasteiger partial charge in [0.1, 0.15) is 11.2 Å². The lowest BCUT2D eigenvalue weighted by Gasteiger charge is -2.41. The van der Waals surface area contributed by atoms with Crippen LogP contribution in [0.2, 0.25) is 10.2 Å². The van der Waals surface area contributed by atoms with Crippen LogP contribution in [-0.2, 0) is 21.2 Å². The van der Waals surface area contributed by atoms with E-state index in [1.54, 1.807) is 30.3 Å². The predicted molar refractivity (Wildman–Crippen MR) is 152 cm³/mol. The Labute approximate surface area is 233 Å². The van der Waals surface area contributed by atoms with Crippen molar-refractivity contribution < 1.29 is 13.2 Å². The molecule has 0 aliphatic carbocycles. The molecule has 0 spiro atoms. The molecular weight excluding hydrogens is 545 g/mol. The Morgan fingerprint density at radius 1 is 0.974 bits per heavy atom. The summed E-state index contributed by atoms with van der Waals surface area (Å²) in [5.74, 6) is 0.121. The average Bonchev–Trinajstić information content (AvgIpc) is 2.91. The second-order valence-corrected chi connectivity index (χ2v) is 12.0. The van der Waals surface area contributed by atoms with E-state index < -0.39 is 10.0 Å². The van der Waals surface area contributed by atoms with Crippen molar-refractivity contribution in [3.8, 4) is 0 Å². The number of piperazine rings is 1. The Morgan fingerprint density at radius 2 is 1.71 bits per heavy atom. The molecule has 2 aromatic carbocycles. The van der Waals surface area contributed by atoms with E-state index in [4.69, 9.17) is 23.2 Å². The first-order valence-corrected chi connectivity index (χ1v) is 14.8. The van der Waals surface area contributed by atoms with Crippen molar-refractivity contribution in [1.82, 2.24) is 9.88 Å². The summed E-state index contributed by atoms with van der Waals surface area (Å²) in [5, 5.41) is 0.930. The number of amides is 1. The summed E-state index contributed by atoms with van der Waals surface area (Å²) in [4.78, 5) is 23.7. The molecule has 3 heterocycles. The Morgan fingerprint density at radius 3 is 2.42 bits per heavy atom. The Hall–Kier alpha value is -3.01. The molecule has 11 heteroatoms. The van der Waals surface area contributed by atoms with Gasteiger partial charge in [-0.25, -0.2) is 13.4 Å². The van der Waals surface area contributed by atoms with Crippen molar-refractivity contribution in [3.63, 3.8) is 0 Å². The third kappa shape index (κ3) is 5.70. The molecule has 1 amide bonds. The summed E-state index contributed by atoms with van der Waals surface area (Å²) >= 11 is 12.0. The van der Waals surface area contributed by atoms with Gasteiger partial charge >= 0.3 is 0 Å². The molecule has 5 rings (SSSR count). The van der Waals surface area contributed by atoms with Crippen LogP contribution in [0.4, 0.5) is 17.1 Å². The highest BCUT2D eigenvalue weighted by atomic mass is 35.5. The number of rotatable bonds is 6. The molecule has 0 radical (unpaired) electrons. The number of anilines is 3. The zero-order chi connectivity index (χ0) is 26.9. The van der Waals surface area contributed by atoms with Crippen LogP contribution in [0.3, 0.4) is 0 Å². The van der Waals surface area contributed by atoms with Crippen molar-refractivity contribution in [1.29, 1.82) is 0 Å². The van der Waals surface area contributed by atoms with E-state index in [1.165, 1.54) is 17.8 Å². The molecule has 1 fully saturated rings. The van der Waals surface area contributed by atoms with Gasteiger partial charge in [-0.2, -0.15) is 0 Å². The SMILES string of the molecule is C[C@@H](C(=O)N1CCN(c2ccc(S(=O)(=O)Nc3ccnc(Cl)c3)cc2)CC1)N1CCCc2cc(Cl)ccc21. The fraction of sp³-hybridized carbons (Fsp3) is 0.333. The van der Waals surface area contributed by atoms with Crippen LogP contribution >= 0.6 is 23.2 Å². The van der Waals surface area contributed by atoms with Gasteiger partial charge in [0.25, 0.3) is 10.0 Å². The molecule has 38 heavy (non-hydrogen) atoms. The second kappa shape index (κ2) is 11.0. The van der Waals surface area contributed by atoms with Crippen LogP contribution in [-0.4, -0.2) is 63.0 Å². The Bertz CT molecular complexity index is 1430. The molecule has 200 valence electrons. The summed E-state index contributed by atoms with van der Waals surface area (Å²) in [6.45, 7) is 5.38. The number of nitrogens with one attached hydrogen (secondary N) is 1. The lowest BCUT2D eigenvalue weighted by molar-refractivity contribution is -0.132. The number of hydrogen-bond acceptors (Lipinski definition) is 6. The highest BCUT2D eigenvalue weighted by molar-refractivity contribution is 7.92. The summed E-state index contributed by atoms with van der Waals surface area (Å²) in [7, 11) is -3.76. The van der Waals surface area contributed by atoms with Gasteiger partial charge in [0.05, 0.1) is 10.6 Å². The Balaban J connectivity index is 1.19. The quantitative estimate of drug-likeness (QED) is 0.431. The molecule has 0 unspecified atom stereocenters. The van der Waals surface area contributed by atoms with Gasteiger partial charge < -0.3 is 14.7 Å². The largest absolute Gasteiger partial charge is 0.368 e. The zero-order valence-corrected chi connectivity index (χ0v) is 23.3. The van der Waals surface area contributed by atoms with E-state index in [-0.39, 0.29) is 22.0 Å². The van der Waals surface area contributed by atoms with Crippen LogP contribution in [0.1, 0.15) is 18.9 Å². The first-order valence-electron chi connectivity index (χ1n) is 12.5. The lowest BCUT2D eigenvalue weighted by atomic mass is 10.00. The smallest absolute Gasteiger partial charge is 0.261 e. The van der Waals surface area contributed by atoms with Crippen LogP contribution in [0, 0.1) is 0 Å². The highest BCUT2D eigenvalue weighted by Crippen LogP contribution is 2.31. The molecule has 3 aromatic rings. The number of hydrogen-bond donors (Lipinski definition) is 1. The number of nitrogens with zero attached hydrogens (tertiary/aromatic N) is 4. The maximum absolute atomic E-state index is 13.4. The van der Waals surface area contributed by atoms with E-state index in [9.17, 15) is 13.2 Å². The number of pyridine rings is 1. The van der Waals surface area contributed by atoms with E-state index in [0.717, 1.165) is 35.8 Å². The molecule has 1 N–H and O–H groups in total. The van der Waals surface area contributed by atoms with E-state index >= 15 is 0 Å². The van der Waals surface area contributed by atoms with Crippen molar-refractivity contribution in [2.45, 2.75) is 30.7 Å². The molecule has 0 bridgehead atoms. The third-order valence-electron chi connectivity index (χ3n) is 7.10. The molecular formula is C27H29Cl2N5O3S. The van der Waals surface area contributed by atoms with Crippen molar-refractivity contribution >= 4 is 56.2 Å². The molecule has 2 aliphatic heterocycles. The Kier molecular flexibility index (Phi) is 7.70. The van der Waals surface area contributed by atoms with Gasteiger partial charge in [0, 0.05) is 55.3 Å². The number of carbonyl (C=O) groups is 1. The molecule has 8 nitrogen and oxygen atoms in total. The van der Waals surface area contributed by atoms with E-state index in [0.29, 0.717) is 31.9 Å². The number of carbonyl (C=O) groups excluding carboxylic acids is 1. The van der Waals surface area contributed by atoms with Gasteiger partial charge in [-0.1, -0.05) is 23.2 Å². The maximum Gasteiger partial charge on any atom is 0.261 e. The second-order valence-electron chi connectivity index (χ2n) is 9.52. The van der Waals surface area contributed by atoms with Gasteiger partial charge in [-0.05, 0) is 79.9 Å². The summed E-state index contributed by atoms with van der Waals surface area (Å²) in [6, 6.07) is 15.4. The van der Waals surface area contributed by atoms with Crippen molar-refractivity contribution in [3.05, 3.63) is 76.5 Å². The van der Waals surface area contributed by atoms with Gasteiger partial charge in [-0.15, -0.1) is 0 Å². The van der Waals surface area contributed by atoms with Crippen molar-refractivity contribution in [2.24, 2.45) is 0 Å². The first-order chi connectivity index (χ1) is 18.2. The number of aromatic nitrogens is 1. The zero-order valence-electron chi connectivity index (χ0n) is 21.0. The van der Waals surface area contributed by atoms with E-state index in [2.05, 4.69) is 19.5 Å². The topological polar surface area (TPSA) is 85.8 Å². The number of fused-ring (bicyclic) bond motifs is 1. The molecule has 1 atom stereocenters. The predicted octanol–water partition coefficient (Wildman–Crippen LogP) is 4.68. The average molecular weight is 575 g/mol. The summed E-state index contributed by atoms with van der Waals surface area (Å²) in [6.07, 6.45) is 3.41. The fourth-order valence-corrected chi connectivity index (χ4v) is 6.51. The minimum atomic E-state index is -3.76. The molecule has 0 saturated carbocycles. The number of halogens is 2. The highest BCUT2D eigenvalue weighted by Gasteiger charge is 2.31. The summed E-state index contributed by atoms with van der Waals surface area (Å²) < 4.78 is 28.0. The number of sulfonamides is 1. The van der Waals surface area contributed by atoms with Crippen LogP contribution in [0.15, 0.2) is 65.7 Å². The monoisotopic (exact) mass is 573 g/mol. The lowest BCUT2D eigenvalue weighted by Crippen LogP contribution is -2.55. The fourth-order valence-electron chi connectivity index (χ4n) is 5.10. The van der Waals surface area contributed by atoms with Crippen LogP contribution < -0.4 is 14.5 Å². The van der Waals surface area contributed by atoms with E-state index in [1.807, 2.05) is 30.0 Å². The van der Waals surface area contributed by atoms with Crippen LogP contribution in [0.25, 0.3) is 0 Å². The molecule has 1 saturated heterocycles. The first kappa shape index (κ1) is 26.6. The molecule has 1 aromatic heterocycles. The minimum Gasteiger partial charge on any atom is -0.368 e. The van der Waals surface area contributed by atoms with Crippen molar-refractivity contribution in [2.75, 3.05) is 47.2 Å². The normalized spacial score (nSPS) is 16.7. The number of benzene rings is 2. The van der Waals surface area contributed by atoms with Gasteiger partial charge in [0.15, 0.2) is 0 Å². The standard InChI is InChI=1S/C27H29Cl2N5O3S/c1-19(34-12-2-3-20-17-21(28)4-9-25(20)34)27(35)33-15-13-32(14-16-33)23-5-7-24(8-6-23)38(36,37)31-22-10-11-30-26(29)18-22/h4-11,17-19H,2-3,12-16H2,1H3,(H,30,31)/t19-/m0/s1. The maximum atomic E-state index is 13.4. The summed E-state index contributed by atoms with van der Waals surface area (Å²) in [5.41, 5.74) is 3.55. The minimum absolute atomic E-state index is 0.121. The molecule has 2 aliphatic rings.